The summed E-state index contributed by atoms with van der Waals surface area (Å²) in [6.45, 7) is 6.71. The number of aliphatic hydroxyl groups excluding tert-OH is 1. The fourth-order valence-corrected chi connectivity index (χ4v) is 4.61. The van der Waals surface area contributed by atoms with Gasteiger partial charge in [-0.1, -0.05) is 6.92 Å². The van der Waals surface area contributed by atoms with E-state index < -0.39 is 0 Å². The van der Waals surface area contributed by atoms with E-state index in [0.29, 0.717) is 28.7 Å². The number of halogens is 1. The predicted molar refractivity (Wildman–Crippen MR) is 121 cm³/mol. The molecular formula is C24H27FN6O. The van der Waals surface area contributed by atoms with E-state index in [-0.39, 0.29) is 18.3 Å². The zero-order valence-corrected chi connectivity index (χ0v) is 18.4. The van der Waals surface area contributed by atoms with Gasteiger partial charge < -0.3 is 10.0 Å². The normalized spacial score (nSPS) is 15.8. The SMILES string of the molecule is CCc1cc(-c2cc(F)c3cc(C4CCN(CCO)CC4)nnc3c2)nn2cc(C)nc12. The molecule has 1 aromatic carbocycles. The highest BCUT2D eigenvalue weighted by Crippen LogP contribution is 2.31. The van der Waals surface area contributed by atoms with Crippen molar-refractivity contribution in [1.29, 1.82) is 0 Å². The molecule has 4 heterocycles. The van der Waals surface area contributed by atoms with Crippen molar-refractivity contribution in [3.63, 3.8) is 0 Å². The highest BCUT2D eigenvalue weighted by molar-refractivity contribution is 5.84. The lowest BCUT2D eigenvalue weighted by Gasteiger charge is -2.30. The molecule has 32 heavy (non-hydrogen) atoms. The molecule has 1 N–H and O–H groups in total. The first-order valence-electron chi connectivity index (χ1n) is 11.2. The summed E-state index contributed by atoms with van der Waals surface area (Å²) in [6.07, 6.45) is 4.57. The van der Waals surface area contributed by atoms with Crippen LogP contribution < -0.4 is 0 Å². The van der Waals surface area contributed by atoms with E-state index >= 15 is 4.39 Å². The van der Waals surface area contributed by atoms with Crippen molar-refractivity contribution in [2.24, 2.45) is 0 Å². The highest BCUT2D eigenvalue weighted by Gasteiger charge is 2.22. The van der Waals surface area contributed by atoms with E-state index in [1.165, 1.54) is 6.07 Å². The van der Waals surface area contributed by atoms with Gasteiger partial charge in [0.1, 0.15) is 5.82 Å². The molecule has 1 fully saturated rings. The third-order valence-corrected chi connectivity index (χ3v) is 6.39. The third kappa shape index (κ3) is 3.84. The van der Waals surface area contributed by atoms with Gasteiger partial charge in [-0.3, -0.25) is 0 Å². The molecule has 0 bridgehead atoms. The number of β-amino-alcohol motifs (C(OH)–C–C–N with tert-alkyl or cyclic N) is 1. The van der Waals surface area contributed by atoms with E-state index in [2.05, 4.69) is 32.1 Å². The summed E-state index contributed by atoms with van der Waals surface area (Å²) >= 11 is 0. The van der Waals surface area contributed by atoms with Crippen LogP contribution in [-0.2, 0) is 6.42 Å². The van der Waals surface area contributed by atoms with Gasteiger partial charge in [0.25, 0.3) is 0 Å². The minimum absolute atomic E-state index is 0.177. The Hall–Kier alpha value is -2.97. The van der Waals surface area contributed by atoms with Crippen LogP contribution in [-0.4, -0.2) is 61.0 Å². The van der Waals surface area contributed by atoms with Crippen LogP contribution in [0.4, 0.5) is 4.39 Å². The molecule has 0 spiro atoms. The van der Waals surface area contributed by atoms with Gasteiger partial charge in [-0.15, -0.1) is 0 Å². The molecule has 0 unspecified atom stereocenters. The summed E-state index contributed by atoms with van der Waals surface area (Å²) < 4.78 is 17.0. The molecule has 166 valence electrons. The monoisotopic (exact) mass is 434 g/mol. The van der Waals surface area contributed by atoms with Crippen LogP contribution in [0.25, 0.3) is 27.8 Å². The van der Waals surface area contributed by atoms with Gasteiger partial charge in [0, 0.05) is 23.4 Å². The van der Waals surface area contributed by atoms with Gasteiger partial charge >= 0.3 is 0 Å². The summed E-state index contributed by atoms with van der Waals surface area (Å²) in [7, 11) is 0. The largest absolute Gasteiger partial charge is 0.395 e. The van der Waals surface area contributed by atoms with Crippen molar-refractivity contribution in [2.75, 3.05) is 26.2 Å². The molecule has 0 amide bonds. The van der Waals surface area contributed by atoms with Crippen LogP contribution in [0.2, 0.25) is 0 Å². The van der Waals surface area contributed by atoms with Crippen molar-refractivity contribution in [3.8, 4) is 11.3 Å². The number of likely N-dealkylation sites (tertiary alicyclic amines) is 1. The fourth-order valence-electron chi connectivity index (χ4n) is 4.61. The average molecular weight is 435 g/mol. The number of rotatable bonds is 5. The summed E-state index contributed by atoms with van der Waals surface area (Å²) in [4.78, 5) is 6.79. The number of fused-ring (bicyclic) bond motifs is 2. The quantitative estimate of drug-likeness (QED) is 0.518. The number of aromatic nitrogens is 5. The summed E-state index contributed by atoms with van der Waals surface area (Å²) in [5.74, 6) is -0.0466. The van der Waals surface area contributed by atoms with E-state index in [1.807, 2.05) is 31.3 Å². The van der Waals surface area contributed by atoms with Crippen molar-refractivity contribution in [1.82, 2.24) is 29.7 Å². The van der Waals surface area contributed by atoms with Gasteiger partial charge in [-0.25, -0.2) is 13.9 Å². The molecule has 8 heteroatoms. The number of nitrogens with zero attached hydrogens (tertiary/aromatic N) is 6. The molecule has 1 saturated heterocycles. The number of imidazole rings is 1. The Bertz CT molecular complexity index is 1280. The van der Waals surface area contributed by atoms with Crippen LogP contribution in [0.1, 0.15) is 42.6 Å². The molecule has 1 aliphatic rings. The molecule has 0 saturated carbocycles. The molecule has 7 nitrogen and oxygen atoms in total. The van der Waals surface area contributed by atoms with Gasteiger partial charge in [-0.05, 0) is 69.1 Å². The second-order valence-corrected chi connectivity index (χ2v) is 8.56. The van der Waals surface area contributed by atoms with E-state index in [4.69, 9.17) is 5.11 Å². The Morgan fingerprint density at radius 3 is 2.69 bits per heavy atom. The zero-order valence-electron chi connectivity index (χ0n) is 18.4. The van der Waals surface area contributed by atoms with E-state index in [1.54, 1.807) is 4.52 Å². The number of benzene rings is 1. The summed E-state index contributed by atoms with van der Waals surface area (Å²) in [5, 5.41) is 23.1. The molecule has 0 atom stereocenters. The molecule has 0 aliphatic carbocycles. The first-order chi connectivity index (χ1) is 15.6. The van der Waals surface area contributed by atoms with Crippen molar-refractivity contribution >= 4 is 16.6 Å². The minimum atomic E-state index is -0.312. The number of hydrogen-bond donors (Lipinski definition) is 1. The van der Waals surface area contributed by atoms with Crippen molar-refractivity contribution in [3.05, 3.63) is 53.2 Å². The highest BCUT2D eigenvalue weighted by atomic mass is 19.1. The summed E-state index contributed by atoms with van der Waals surface area (Å²) in [5.41, 5.74) is 5.54. The smallest absolute Gasteiger partial charge is 0.156 e. The Morgan fingerprint density at radius 1 is 1.12 bits per heavy atom. The van der Waals surface area contributed by atoms with Crippen LogP contribution in [0.3, 0.4) is 0 Å². The molecular weight excluding hydrogens is 407 g/mol. The first-order valence-corrected chi connectivity index (χ1v) is 11.2. The Labute approximate surface area is 185 Å². The average Bonchev–Trinajstić information content (AvgIpc) is 3.19. The van der Waals surface area contributed by atoms with Gasteiger partial charge in [-0.2, -0.15) is 15.3 Å². The zero-order chi connectivity index (χ0) is 22.2. The fraction of sp³-hybridized carbons (Fsp3) is 0.417. The number of piperidine rings is 1. The topological polar surface area (TPSA) is 79.4 Å². The molecule has 0 radical (unpaired) electrons. The summed E-state index contributed by atoms with van der Waals surface area (Å²) in [6, 6.07) is 7.22. The Kier molecular flexibility index (Phi) is 5.57. The van der Waals surface area contributed by atoms with Crippen LogP contribution in [0.5, 0.6) is 0 Å². The lowest BCUT2D eigenvalue weighted by molar-refractivity contribution is 0.163. The molecule has 3 aromatic heterocycles. The second-order valence-electron chi connectivity index (χ2n) is 8.56. The second kappa shape index (κ2) is 8.52. The van der Waals surface area contributed by atoms with Gasteiger partial charge in [0.05, 0.1) is 35.4 Å². The molecule has 4 aromatic rings. The lowest BCUT2D eigenvalue weighted by Crippen LogP contribution is -2.35. The number of aryl methyl sites for hydroxylation is 2. The predicted octanol–water partition coefficient (Wildman–Crippen LogP) is 3.52. The van der Waals surface area contributed by atoms with Crippen molar-refractivity contribution in [2.45, 2.75) is 39.0 Å². The van der Waals surface area contributed by atoms with Crippen LogP contribution >= 0.6 is 0 Å². The van der Waals surface area contributed by atoms with E-state index in [0.717, 1.165) is 55.0 Å². The minimum Gasteiger partial charge on any atom is -0.395 e. The van der Waals surface area contributed by atoms with Gasteiger partial charge in [0.15, 0.2) is 5.65 Å². The van der Waals surface area contributed by atoms with Crippen LogP contribution in [0.15, 0.2) is 30.5 Å². The maximum absolute atomic E-state index is 15.2. The van der Waals surface area contributed by atoms with Gasteiger partial charge in [0.2, 0.25) is 0 Å². The first kappa shape index (κ1) is 20.9. The number of aliphatic hydroxyl groups is 1. The molecule has 5 rings (SSSR count). The third-order valence-electron chi connectivity index (χ3n) is 6.39. The Morgan fingerprint density at radius 2 is 1.94 bits per heavy atom. The number of hydrogen-bond acceptors (Lipinski definition) is 6. The standard InChI is InChI=1S/C24H27FN6O/c1-3-16-11-22(29-31-14-15(2)26-24(16)31)18-10-20(25)19-13-21(27-28-23(19)12-18)17-4-6-30(7-5-17)8-9-32/h10-14,17,32H,3-9H2,1-2H3. The van der Waals surface area contributed by atoms with E-state index in [9.17, 15) is 0 Å². The maximum atomic E-state index is 15.2. The Balaban J connectivity index is 1.48. The van der Waals surface area contributed by atoms with Crippen LogP contribution in [0, 0.1) is 12.7 Å². The molecule has 1 aliphatic heterocycles. The van der Waals surface area contributed by atoms with Crippen molar-refractivity contribution < 1.29 is 9.50 Å². The maximum Gasteiger partial charge on any atom is 0.156 e. The lowest BCUT2D eigenvalue weighted by atomic mass is 9.92.